The fourth-order valence-corrected chi connectivity index (χ4v) is 3.09. The molecule has 0 fully saturated rings. The van der Waals surface area contributed by atoms with Crippen LogP contribution in [-0.2, 0) is 17.8 Å². The van der Waals surface area contributed by atoms with Crippen LogP contribution in [0.5, 0.6) is 5.75 Å². The summed E-state index contributed by atoms with van der Waals surface area (Å²) in [5.41, 5.74) is 8.70. The molecule has 136 valence electrons. The Kier molecular flexibility index (Phi) is 5.63. The first-order valence-electron chi connectivity index (χ1n) is 7.73. The Bertz CT molecular complexity index is 744. The number of fused-ring (bicyclic) bond motifs is 1. The van der Waals surface area contributed by atoms with Gasteiger partial charge in [-0.1, -0.05) is 9.51 Å². The molecule has 7 nitrogen and oxygen atoms in total. The highest BCUT2D eigenvalue weighted by Crippen LogP contribution is 2.39. The van der Waals surface area contributed by atoms with Crippen LogP contribution < -0.4 is 4.74 Å². The maximum Gasteiger partial charge on any atom is 0.144 e. The molecule has 1 N–H and O–H groups in total. The molecule has 0 amide bonds. The van der Waals surface area contributed by atoms with E-state index in [1.807, 2.05) is 0 Å². The topological polar surface area (TPSA) is 114 Å². The van der Waals surface area contributed by atoms with Crippen LogP contribution in [0.4, 0.5) is 4.39 Å². The highest BCUT2D eigenvalue weighted by atomic mass is 32.2. The number of azide groups is 1. The average molecular weight is 368 g/mol. The monoisotopic (exact) mass is 368 g/mol. The molecule has 2 rings (SSSR count). The normalized spacial score (nSPS) is 21.3. The fraction of sp³-hybridized carbons (Fsp3) is 0.562. The fourth-order valence-electron chi connectivity index (χ4n) is 2.47. The zero-order valence-corrected chi connectivity index (χ0v) is 15.4. The summed E-state index contributed by atoms with van der Waals surface area (Å²) in [7, 11) is 0. The van der Waals surface area contributed by atoms with Crippen LogP contribution in [0.2, 0.25) is 0 Å². The van der Waals surface area contributed by atoms with E-state index in [1.165, 1.54) is 12.1 Å². The number of ether oxygens (including phenoxy) is 1. The first kappa shape index (κ1) is 19.5. The van der Waals surface area contributed by atoms with Gasteiger partial charge in [0.2, 0.25) is 0 Å². The van der Waals surface area contributed by atoms with Crippen molar-refractivity contribution in [3.8, 4) is 5.75 Å². The zero-order valence-electron chi connectivity index (χ0n) is 14.6. The summed E-state index contributed by atoms with van der Waals surface area (Å²) >= 11 is -1.50. The van der Waals surface area contributed by atoms with Crippen LogP contribution in [0.25, 0.3) is 10.4 Å². The smallest absolute Gasteiger partial charge is 0.144 e. The lowest BCUT2D eigenvalue weighted by Crippen LogP contribution is -2.41. The van der Waals surface area contributed by atoms with Gasteiger partial charge in [-0.15, -0.1) is 0 Å². The summed E-state index contributed by atoms with van der Waals surface area (Å²) in [6.07, 6.45) is 0.207. The Morgan fingerprint density at radius 3 is 2.76 bits per heavy atom. The second-order valence-electron chi connectivity index (χ2n) is 6.99. The van der Waals surface area contributed by atoms with E-state index in [4.69, 9.17) is 10.3 Å². The molecule has 25 heavy (non-hydrogen) atoms. The lowest BCUT2D eigenvalue weighted by Gasteiger charge is -2.24. The second-order valence-corrected chi connectivity index (χ2v) is 8.89. The minimum absolute atomic E-state index is 0.0835. The van der Waals surface area contributed by atoms with Crippen molar-refractivity contribution in [2.45, 2.75) is 44.5 Å². The molecule has 1 aromatic rings. The van der Waals surface area contributed by atoms with Crippen molar-refractivity contribution in [2.24, 2.45) is 9.51 Å². The quantitative estimate of drug-likeness (QED) is 0.283. The van der Waals surface area contributed by atoms with Crippen molar-refractivity contribution in [2.75, 3.05) is 13.2 Å². The molecule has 9 heteroatoms. The van der Waals surface area contributed by atoms with Crippen molar-refractivity contribution in [3.63, 3.8) is 0 Å². The van der Waals surface area contributed by atoms with Crippen molar-refractivity contribution in [3.05, 3.63) is 39.5 Å². The minimum Gasteiger partial charge on any atom is -0.591 e. The molecule has 0 saturated carbocycles. The Balaban J connectivity index is 2.45. The van der Waals surface area contributed by atoms with Crippen molar-refractivity contribution < 1.29 is 18.8 Å². The van der Waals surface area contributed by atoms with E-state index in [-0.39, 0.29) is 19.6 Å². The largest absolute Gasteiger partial charge is 0.591 e. The maximum absolute atomic E-state index is 14.0. The van der Waals surface area contributed by atoms with E-state index in [0.29, 0.717) is 22.6 Å². The lowest BCUT2D eigenvalue weighted by atomic mass is 9.97. The molecule has 1 aliphatic rings. The molecule has 0 bridgehead atoms. The van der Waals surface area contributed by atoms with Gasteiger partial charge in [-0.3, -0.25) is 0 Å². The summed E-state index contributed by atoms with van der Waals surface area (Å²) in [5.74, 6) is -0.110. The van der Waals surface area contributed by atoms with Gasteiger partial charge in [-0.25, -0.2) is 4.39 Å². The summed E-state index contributed by atoms with van der Waals surface area (Å²) in [5, 5.41) is 13.2. The van der Waals surface area contributed by atoms with Crippen LogP contribution in [0.3, 0.4) is 0 Å². The van der Waals surface area contributed by atoms with Crippen LogP contribution >= 0.6 is 0 Å². The minimum atomic E-state index is -1.50. The van der Waals surface area contributed by atoms with E-state index < -0.39 is 27.5 Å². The van der Waals surface area contributed by atoms with E-state index in [2.05, 4.69) is 14.4 Å². The highest BCUT2D eigenvalue weighted by Gasteiger charge is 2.40. The number of aliphatic hydroxyl groups excluding tert-OH is 1. The van der Waals surface area contributed by atoms with E-state index in [9.17, 15) is 14.0 Å². The Morgan fingerprint density at radius 2 is 2.20 bits per heavy atom. The number of halogens is 1. The summed E-state index contributed by atoms with van der Waals surface area (Å²) in [6, 6.07) is 2.58. The van der Waals surface area contributed by atoms with E-state index in [1.54, 1.807) is 27.7 Å². The molecular formula is C16H21FN4O3S. The lowest BCUT2D eigenvalue weighted by molar-refractivity contribution is 0.0358. The number of aliphatic hydroxyl groups is 1. The molecular weight excluding hydrogens is 347 g/mol. The van der Waals surface area contributed by atoms with Gasteiger partial charge < -0.3 is 14.4 Å². The Morgan fingerprint density at radius 1 is 1.52 bits per heavy atom. The molecule has 0 radical (unpaired) electrons. The van der Waals surface area contributed by atoms with Gasteiger partial charge >= 0.3 is 0 Å². The molecule has 1 aromatic carbocycles. The number of hydrogen-bond acceptors (Lipinski definition) is 5. The Labute approximate surface area is 148 Å². The molecule has 0 saturated heterocycles. The molecule has 1 heterocycles. The number of nitrogens with zero attached hydrogens (tertiary/aromatic N) is 4. The van der Waals surface area contributed by atoms with Gasteiger partial charge in [0, 0.05) is 22.5 Å². The molecule has 1 aliphatic heterocycles. The van der Waals surface area contributed by atoms with Crippen LogP contribution in [0.15, 0.2) is 21.6 Å². The SMILES string of the molecule is CC(=N[S+]([O-])C(C)(C)C)c1cc(F)cc2c1O[C@@](CO)(CN=[N+]=[N-])C2. The molecule has 0 aliphatic carbocycles. The molecule has 2 atom stereocenters. The van der Waals surface area contributed by atoms with E-state index >= 15 is 0 Å². The molecule has 1 unspecified atom stereocenters. The third-order valence-corrected chi connectivity index (χ3v) is 5.29. The van der Waals surface area contributed by atoms with Crippen molar-refractivity contribution >= 4 is 17.1 Å². The van der Waals surface area contributed by atoms with Crippen LogP contribution in [0, 0.1) is 5.82 Å². The summed E-state index contributed by atoms with van der Waals surface area (Å²) < 4.78 is 35.8. The zero-order chi connectivity index (χ0) is 18.8. The first-order chi connectivity index (χ1) is 11.6. The standard InChI is InChI=1S/C16H21FN4O3S/c1-10(20-25(23)15(2,3)4)13-6-12(17)5-11-7-16(9-22,8-19-21-18)24-14(11)13/h5-6,22H,7-9H2,1-4H3/t16-,25?/m1/s1. The van der Waals surface area contributed by atoms with Gasteiger partial charge in [-0.05, 0) is 45.4 Å². The predicted molar refractivity (Wildman–Crippen MR) is 94.7 cm³/mol. The van der Waals surface area contributed by atoms with Gasteiger partial charge in [0.15, 0.2) is 0 Å². The predicted octanol–water partition coefficient (Wildman–Crippen LogP) is 3.07. The maximum atomic E-state index is 14.0. The summed E-state index contributed by atoms with van der Waals surface area (Å²) in [6.45, 7) is 6.55. The number of hydrogen-bond donors (Lipinski definition) is 1. The number of rotatable bonds is 5. The first-order valence-corrected chi connectivity index (χ1v) is 8.83. The van der Waals surface area contributed by atoms with Crippen LogP contribution in [-0.4, -0.2) is 38.9 Å². The van der Waals surface area contributed by atoms with Gasteiger partial charge in [0.1, 0.15) is 33.3 Å². The van der Waals surface area contributed by atoms with Gasteiger partial charge in [0.05, 0.1) is 18.9 Å². The average Bonchev–Trinajstić information content (AvgIpc) is 2.90. The number of benzene rings is 1. The molecule has 0 aromatic heterocycles. The second kappa shape index (κ2) is 7.21. The van der Waals surface area contributed by atoms with Gasteiger partial charge in [-0.2, -0.15) is 0 Å². The highest BCUT2D eigenvalue weighted by molar-refractivity contribution is 7.91. The van der Waals surface area contributed by atoms with E-state index in [0.717, 1.165) is 0 Å². The summed E-state index contributed by atoms with van der Waals surface area (Å²) in [4.78, 5) is 2.69. The van der Waals surface area contributed by atoms with Crippen molar-refractivity contribution in [1.82, 2.24) is 0 Å². The third-order valence-electron chi connectivity index (χ3n) is 3.81. The molecule has 0 spiro atoms. The Hall–Kier alpha value is -1.80. The third kappa shape index (κ3) is 4.24. The van der Waals surface area contributed by atoms with Crippen LogP contribution in [0.1, 0.15) is 38.8 Å². The van der Waals surface area contributed by atoms with Crippen molar-refractivity contribution in [1.29, 1.82) is 0 Å². The van der Waals surface area contributed by atoms with Gasteiger partial charge in [0.25, 0.3) is 0 Å².